The summed E-state index contributed by atoms with van der Waals surface area (Å²) in [6, 6.07) is 4.09. The van der Waals surface area contributed by atoms with Gasteiger partial charge in [0.15, 0.2) is 9.84 Å². The zero-order valence-corrected chi connectivity index (χ0v) is 14.0. The monoisotopic (exact) mass is 361 g/mol. The van der Waals surface area contributed by atoms with Crippen LogP contribution in [0, 0.1) is 12.7 Å². The number of benzene rings is 1. The average Bonchev–Trinajstić information content (AvgIpc) is 2.55. The summed E-state index contributed by atoms with van der Waals surface area (Å²) in [5, 5.41) is 2.59. The van der Waals surface area contributed by atoms with Crippen LogP contribution < -0.4 is 5.32 Å². The summed E-state index contributed by atoms with van der Waals surface area (Å²) in [6.45, 7) is 1.46. The molecule has 1 aromatic carbocycles. The number of fused-ring (bicyclic) bond motifs is 1. The van der Waals surface area contributed by atoms with E-state index in [0.717, 1.165) is 6.26 Å². The van der Waals surface area contributed by atoms with Crippen molar-refractivity contribution in [3.05, 3.63) is 64.0 Å². The SMILES string of the molecule is Cc1c(F)cccc1NC1=C(S(C)(=O)=O)C(=O)c2nccnc2C1=O. The second-order valence-electron chi connectivity index (χ2n) is 5.43. The number of sulfone groups is 1. The lowest BCUT2D eigenvalue weighted by molar-refractivity contribution is 0.0974. The fourth-order valence-electron chi connectivity index (χ4n) is 2.46. The molecule has 25 heavy (non-hydrogen) atoms. The number of nitrogens with zero attached hydrogens (tertiary/aromatic N) is 2. The fraction of sp³-hybridized carbons (Fsp3) is 0.125. The van der Waals surface area contributed by atoms with E-state index in [4.69, 9.17) is 0 Å². The van der Waals surface area contributed by atoms with Crippen LogP contribution in [0.15, 0.2) is 41.2 Å². The lowest BCUT2D eigenvalue weighted by Gasteiger charge is -2.20. The number of ketones is 2. The molecule has 2 aromatic rings. The Morgan fingerprint density at radius 1 is 1.04 bits per heavy atom. The van der Waals surface area contributed by atoms with Gasteiger partial charge in [-0.25, -0.2) is 22.8 Å². The van der Waals surface area contributed by atoms with Gasteiger partial charge in [-0.3, -0.25) is 9.59 Å². The highest BCUT2D eigenvalue weighted by atomic mass is 32.2. The predicted octanol–water partition coefficient (Wildman–Crippen LogP) is 1.67. The van der Waals surface area contributed by atoms with Gasteiger partial charge in [0.05, 0.1) is 0 Å². The van der Waals surface area contributed by atoms with Crippen LogP contribution in [-0.2, 0) is 9.84 Å². The zero-order valence-electron chi connectivity index (χ0n) is 13.2. The number of Topliss-reactive ketones (excluding diaryl/α,β-unsaturated/α-hetero) is 2. The van der Waals surface area contributed by atoms with Gasteiger partial charge < -0.3 is 5.32 Å². The van der Waals surface area contributed by atoms with Crippen LogP contribution in [-0.4, -0.2) is 36.2 Å². The summed E-state index contributed by atoms with van der Waals surface area (Å²) in [5.41, 5.74) is -0.697. The van der Waals surface area contributed by atoms with Crippen molar-refractivity contribution in [2.75, 3.05) is 11.6 Å². The predicted molar refractivity (Wildman–Crippen MR) is 87.3 cm³/mol. The number of allylic oxidation sites excluding steroid dienone is 2. The Morgan fingerprint density at radius 2 is 1.64 bits per heavy atom. The molecule has 128 valence electrons. The molecule has 1 N–H and O–H groups in total. The quantitative estimate of drug-likeness (QED) is 0.886. The molecule has 0 bridgehead atoms. The molecule has 0 fully saturated rings. The van der Waals surface area contributed by atoms with Gasteiger partial charge >= 0.3 is 0 Å². The van der Waals surface area contributed by atoms with Crippen molar-refractivity contribution >= 4 is 27.1 Å². The number of carbonyl (C=O) groups excluding carboxylic acids is 2. The number of hydrogen-bond donors (Lipinski definition) is 1. The summed E-state index contributed by atoms with van der Waals surface area (Å²) in [6.07, 6.45) is 3.23. The number of carbonyl (C=O) groups is 2. The molecule has 1 aliphatic rings. The Hall–Kier alpha value is -2.94. The molecule has 0 saturated heterocycles. The highest BCUT2D eigenvalue weighted by Gasteiger charge is 2.39. The number of rotatable bonds is 3. The first-order valence-corrected chi connectivity index (χ1v) is 8.98. The van der Waals surface area contributed by atoms with Crippen molar-refractivity contribution in [1.82, 2.24) is 9.97 Å². The van der Waals surface area contributed by atoms with Gasteiger partial charge in [-0.1, -0.05) is 6.07 Å². The van der Waals surface area contributed by atoms with Crippen molar-refractivity contribution in [3.8, 4) is 0 Å². The Kier molecular flexibility index (Phi) is 3.96. The van der Waals surface area contributed by atoms with E-state index in [2.05, 4.69) is 15.3 Å². The third-order valence-electron chi connectivity index (χ3n) is 3.69. The molecule has 0 amide bonds. The van der Waals surface area contributed by atoms with Gasteiger partial charge in [0.2, 0.25) is 11.6 Å². The summed E-state index contributed by atoms with van der Waals surface area (Å²) in [5.74, 6) is -2.27. The second-order valence-corrected chi connectivity index (χ2v) is 7.38. The van der Waals surface area contributed by atoms with Crippen LogP contribution >= 0.6 is 0 Å². The van der Waals surface area contributed by atoms with Gasteiger partial charge in [-0.15, -0.1) is 0 Å². The Labute approximate surface area is 142 Å². The molecule has 0 aliphatic heterocycles. The van der Waals surface area contributed by atoms with Crippen LogP contribution in [0.25, 0.3) is 0 Å². The maximum Gasteiger partial charge on any atom is 0.231 e. The van der Waals surface area contributed by atoms with E-state index in [1.807, 2.05) is 0 Å². The minimum atomic E-state index is -4.06. The number of aromatic nitrogens is 2. The van der Waals surface area contributed by atoms with E-state index in [1.54, 1.807) is 0 Å². The molecular weight excluding hydrogens is 349 g/mol. The number of hydrogen-bond acceptors (Lipinski definition) is 7. The molecule has 0 unspecified atom stereocenters. The molecule has 7 nitrogen and oxygen atoms in total. The Bertz CT molecular complexity index is 1060. The highest BCUT2D eigenvalue weighted by Crippen LogP contribution is 2.29. The third-order valence-corrected chi connectivity index (χ3v) is 4.82. The van der Waals surface area contributed by atoms with Crippen LogP contribution in [0.4, 0.5) is 10.1 Å². The maximum atomic E-state index is 13.7. The normalized spacial score (nSPS) is 14.5. The molecule has 0 saturated carbocycles. The van der Waals surface area contributed by atoms with Crippen LogP contribution in [0.1, 0.15) is 26.5 Å². The summed E-state index contributed by atoms with van der Waals surface area (Å²) < 4.78 is 38.0. The largest absolute Gasteiger partial charge is 0.351 e. The first-order chi connectivity index (χ1) is 11.7. The standard InChI is InChI=1S/C16H12FN3O4S/c1-8-9(17)4-3-5-10(8)20-13-14(21)11-12(19-7-6-18-11)15(22)16(13)25(2,23)24/h3-7,20H,1-2H3. The number of halogens is 1. The van der Waals surface area contributed by atoms with E-state index in [1.165, 1.54) is 37.5 Å². The second kappa shape index (κ2) is 5.85. The molecule has 1 aromatic heterocycles. The first-order valence-electron chi connectivity index (χ1n) is 7.08. The van der Waals surface area contributed by atoms with Gasteiger partial charge in [-0.2, -0.15) is 0 Å². The highest BCUT2D eigenvalue weighted by molar-refractivity contribution is 7.95. The maximum absolute atomic E-state index is 13.7. The van der Waals surface area contributed by atoms with E-state index in [0.29, 0.717) is 0 Å². The number of nitrogens with one attached hydrogen (secondary N) is 1. The van der Waals surface area contributed by atoms with Crippen LogP contribution in [0.2, 0.25) is 0 Å². The molecule has 3 rings (SSSR count). The summed E-state index contributed by atoms with van der Waals surface area (Å²) >= 11 is 0. The zero-order chi connectivity index (χ0) is 18.4. The lowest BCUT2D eigenvalue weighted by atomic mass is 10.0. The lowest BCUT2D eigenvalue weighted by Crippen LogP contribution is -2.31. The first kappa shape index (κ1) is 16.9. The molecular formula is C16H12FN3O4S. The van der Waals surface area contributed by atoms with Crippen molar-refractivity contribution in [2.24, 2.45) is 0 Å². The summed E-state index contributed by atoms with van der Waals surface area (Å²) in [7, 11) is -4.06. The molecule has 1 aliphatic carbocycles. The van der Waals surface area contributed by atoms with E-state index in [-0.39, 0.29) is 22.6 Å². The number of anilines is 1. The molecule has 0 atom stereocenters. The van der Waals surface area contributed by atoms with Gasteiger partial charge in [0, 0.05) is 29.9 Å². The minimum absolute atomic E-state index is 0.171. The smallest absolute Gasteiger partial charge is 0.231 e. The minimum Gasteiger partial charge on any atom is -0.351 e. The van der Waals surface area contributed by atoms with Gasteiger partial charge in [0.25, 0.3) is 0 Å². The van der Waals surface area contributed by atoms with E-state index >= 15 is 0 Å². The van der Waals surface area contributed by atoms with Crippen LogP contribution in [0.5, 0.6) is 0 Å². The topological polar surface area (TPSA) is 106 Å². The molecule has 1 heterocycles. The molecule has 9 heteroatoms. The van der Waals surface area contributed by atoms with Gasteiger partial charge in [0.1, 0.15) is 27.8 Å². The van der Waals surface area contributed by atoms with Crippen molar-refractivity contribution in [2.45, 2.75) is 6.92 Å². The summed E-state index contributed by atoms with van der Waals surface area (Å²) in [4.78, 5) is 32.1. The van der Waals surface area contributed by atoms with Gasteiger partial charge in [-0.05, 0) is 19.1 Å². The van der Waals surface area contributed by atoms with Crippen molar-refractivity contribution < 1.29 is 22.4 Å². The van der Waals surface area contributed by atoms with E-state index < -0.39 is 37.8 Å². The van der Waals surface area contributed by atoms with Crippen LogP contribution in [0.3, 0.4) is 0 Å². The van der Waals surface area contributed by atoms with Crippen molar-refractivity contribution in [3.63, 3.8) is 0 Å². The molecule has 0 spiro atoms. The van der Waals surface area contributed by atoms with E-state index in [9.17, 15) is 22.4 Å². The Morgan fingerprint density at radius 3 is 2.24 bits per heavy atom. The van der Waals surface area contributed by atoms with Crippen molar-refractivity contribution in [1.29, 1.82) is 0 Å². The Balaban J connectivity index is 2.24. The third kappa shape index (κ3) is 2.82. The fourth-order valence-corrected chi connectivity index (χ4v) is 3.41. The molecule has 0 radical (unpaired) electrons. The average molecular weight is 361 g/mol.